The van der Waals surface area contributed by atoms with E-state index in [4.69, 9.17) is 0 Å². The highest BCUT2D eigenvalue weighted by molar-refractivity contribution is 5.04. The lowest BCUT2D eigenvalue weighted by Gasteiger charge is -2.34. The molecule has 0 amide bonds. The lowest BCUT2D eigenvalue weighted by atomic mass is 10.0. The molecule has 1 aliphatic heterocycles. The molecule has 18 heavy (non-hydrogen) atoms. The van der Waals surface area contributed by atoms with Gasteiger partial charge in [-0.05, 0) is 32.8 Å². The van der Waals surface area contributed by atoms with Crippen LogP contribution >= 0.6 is 0 Å². The van der Waals surface area contributed by atoms with Crippen molar-refractivity contribution in [2.75, 3.05) is 13.1 Å². The minimum Gasteiger partial charge on any atom is -0.301 e. The molecule has 1 saturated heterocycles. The minimum absolute atomic E-state index is 0.0936. The largest absolute Gasteiger partial charge is 0.435 e. The molecule has 0 bridgehead atoms. The summed E-state index contributed by atoms with van der Waals surface area (Å²) in [7, 11) is 0. The molecule has 1 aliphatic rings. The Kier molecular flexibility index (Phi) is 3.66. The second-order valence-electron chi connectivity index (χ2n) is 5.04. The van der Waals surface area contributed by atoms with Gasteiger partial charge in [-0.25, -0.2) is 0 Å². The van der Waals surface area contributed by atoms with E-state index in [1.54, 1.807) is 0 Å². The Labute approximate surface area is 105 Å². The van der Waals surface area contributed by atoms with Crippen molar-refractivity contribution >= 4 is 0 Å². The number of hydrogen-bond acceptors (Lipinski definition) is 2. The van der Waals surface area contributed by atoms with Crippen molar-refractivity contribution in [3.05, 3.63) is 18.0 Å². The molecule has 2 heterocycles. The first-order chi connectivity index (χ1) is 8.38. The van der Waals surface area contributed by atoms with Crippen LogP contribution < -0.4 is 0 Å². The van der Waals surface area contributed by atoms with E-state index in [1.165, 1.54) is 10.9 Å². The fourth-order valence-corrected chi connectivity index (χ4v) is 2.36. The average molecular weight is 261 g/mol. The van der Waals surface area contributed by atoms with E-state index in [0.717, 1.165) is 32.0 Å². The van der Waals surface area contributed by atoms with Gasteiger partial charge >= 0.3 is 6.18 Å². The number of alkyl halides is 3. The molecule has 0 N–H and O–H groups in total. The Morgan fingerprint density at radius 1 is 1.28 bits per heavy atom. The van der Waals surface area contributed by atoms with E-state index >= 15 is 0 Å². The molecule has 0 atom stereocenters. The second kappa shape index (κ2) is 4.91. The summed E-state index contributed by atoms with van der Waals surface area (Å²) in [4.78, 5) is 2.34. The molecule has 1 aromatic rings. The molecular weight excluding hydrogens is 243 g/mol. The van der Waals surface area contributed by atoms with Gasteiger partial charge in [-0.2, -0.15) is 18.3 Å². The Morgan fingerprint density at radius 2 is 1.89 bits per heavy atom. The van der Waals surface area contributed by atoms with Crippen molar-refractivity contribution in [3.8, 4) is 0 Å². The van der Waals surface area contributed by atoms with Crippen molar-refractivity contribution in [2.45, 2.75) is 44.9 Å². The van der Waals surface area contributed by atoms with Gasteiger partial charge in [0.1, 0.15) is 0 Å². The van der Waals surface area contributed by atoms with Crippen LogP contribution in [0.25, 0.3) is 0 Å². The van der Waals surface area contributed by atoms with E-state index in [0.29, 0.717) is 6.04 Å². The smallest absolute Gasteiger partial charge is 0.301 e. The standard InChI is InChI=1S/C12H18F3N3/c1-9(2)17-6-3-10(4-7-17)18-8-5-11(16-18)12(13,14)15/h5,8-10H,3-4,6-7H2,1-2H3. The lowest BCUT2D eigenvalue weighted by Crippen LogP contribution is -2.39. The zero-order valence-corrected chi connectivity index (χ0v) is 10.6. The molecule has 3 nitrogen and oxygen atoms in total. The van der Waals surface area contributed by atoms with Crippen LogP contribution in [0.2, 0.25) is 0 Å². The summed E-state index contributed by atoms with van der Waals surface area (Å²) in [6.45, 7) is 6.11. The fraction of sp³-hybridized carbons (Fsp3) is 0.750. The van der Waals surface area contributed by atoms with Crippen molar-refractivity contribution in [3.63, 3.8) is 0 Å². The summed E-state index contributed by atoms with van der Waals surface area (Å²) in [6.07, 6.45) is -1.18. The van der Waals surface area contributed by atoms with Gasteiger partial charge in [0, 0.05) is 25.3 Å². The molecule has 1 aromatic heterocycles. The van der Waals surface area contributed by atoms with Gasteiger partial charge in [0.25, 0.3) is 0 Å². The number of piperidine rings is 1. The fourth-order valence-electron chi connectivity index (χ4n) is 2.36. The summed E-state index contributed by atoms with van der Waals surface area (Å²) in [5.74, 6) is 0. The first-order valence-corrected chi connectivity index (χ1v) is 6.24. The number of rotatable bonds is 2. The topological polar surface area (TPSA) is 21.1 Å². The SMILES string of the molecule is CC(C)N1CCC(n2ccc(C(F)(F)F)n2)CC1. The molecule has 0 radical (unpaired) electrons. The van der Waals surface area contributed by atoms with Gasteiger partial charge in [-0.3, -0.25) is 4.68 Å². The summed E-state index contributed by atoms with van der Waals surface area (Å²) in [5, 5.41) is 3.65. The Hall–Kier alpha value is -1.04. The number of aromatic nitrogens is 2. The van der Waals surface area contributed by atoms with Crippen molar-refractivity contribution in [1.82, 2.24) is 14.7 Å². The third-order valence-electron chi connectivity index (χ3n) is 3.50. The van der Waals surface area contributed by atoms with Gasteiger partial charge in [0.15, 0.2) is 5.69 Å². The van der Waals surface area contributed by atoms with E-state index in [-0.39, 0.29) is 6.04 Å². The van der Waals surface area contributed by atoms with Crippen LogP contribution in [0.15, 0.2) is 12.3 Å². The highest BCUT2D eigenvalue weighted by Crippen LogP contribution is 2.29. The van der Waals surface area contributed by atoms with E-state index < -0.39 is 11.9 Å². The van der Waals surface area contributed by atoms with Gasteiger partial charge in [-0.15, -0.1) is 0 Å². The molecule has 0 unspecified atom stereocenters. The summed E-state index contributed by atoms with van der Waals surface area (Å²) in [5.41, 5.74) is -0.797. The van der Waals surface area contributed by atoms with Crippen LogP contribution in [-0.2, 0) is 6.18 Å². The molecule has 1 fully saturated rings. The van der Waals surface area contributed by atoms with Crippen molar-refractivity contribution in [1.29, 1.82) is 0 Å². The highest BCUT2D eigenvalue weighted by Gasteiger charge is 2.34. The van der Waals surface area contributed by atoms with Gasteiger partial charge in [0.05, 0.1) is 6.04 Å². The van der Waals surface area contributed by atoms with Gasteiger partial charge in [0.2, 0.25) is 0 Å². The maximum atomic E-state index is 12.5. The van der Waals surface area contributed by atoms with Crippen LogP contribution in [0.4, 0.5) is 13.2 Å². The molecule has 102 valence electrons. The molecule has 6 heteroatoms. The molecular formula is C12H18F3N3. The van der Waals surface area contributed by atoms with Gasteiger partial charge < -0.3 is 4.90 Å². The molecule has 0 aliphatic carbocycles. The van der Waals surface area contributed by atoms with Crippen molar-refractivity contribution < 1.29 is 13.2 Å². The predicted molar refractivity (Wildman–Crippen MR) is 62.2 cm³/mol. The Balaban J connectivity index is 2.00. The first kappa shape index (κ1) is 13.4. The average Bonchev–Trinajstić information content (AvgIpc) is 2.78. The number of halogens is 3. The monoisotopic (exact) mass is 261 g/mol. The maximum Gasteiger partial charge on any atom is 0.435 e. The number of likely N-dealkylation sites (tertiary alicyclic amines) is 1. The third-order valence-corrected chi connectivity index (χ3v) is 3.50. The van der Waals surface area contributed by atoms with Crippen molar-refractivity contribution in [2.24, 2.45) is 0 Å². The van der Waals surface area contributed by atoms with Crippen LogP contribution in [0.1, 0.15) is 38.4 Å². The molecule has 0 saturated carbocycles. The number of hydrogen-bond donors (Lipinski definition) is 0. The van der Waals surface area contributed by atoms with E-state index in [2.05, 4.69) is 23.8 Å². The lowest BCUT2D eigenvalue weighted by molar-refractivity contribution is -0.141. The van der Waals surface area contributed by atoms with Crippen LogP contribution in [-0.4, -0.2) is 33.8 Å². The van der Waals surface area contributed by atoms with Crippen LogP contribution in [0, 0.1) is 0 Å². The maximum absolute atomic E-state index is 12.5. The Bertz CT molecular complexity index is 390. The highest BCUT2D eigenvalue weighted by atomic mass is 19.4. The number of nitrogens with zero attached hydrogens (tertiary/aromatic N) is 3. The van der Waals surface area contributed by atoms with E-state index in [9.17, 15) is 13.2 Å². The zero-order chi connectivity index (χ0) is 13.3. The molecule has 2 rings (SSSR count). The summed E-state index contributed by atoms with van der Waals surface area (Å²) < 4.78 is 38.8. The Morgan fingerprint density at radius 3 is 2.33 bits per heavy atom. The summed E-state index contributed by atoms with van der Waals surface area (Å²) >= 11 is 0. The van der Waals surface area contributed by atoms with Gasteiger partial charge in [-0.1, -0.05) is 0 Å². The normalized spacial score (nSPS) is 19.7. The molecule has 0 aromatic carbocycles. The molecule has 0 spiro atoms. The summed E-state index contributed by atoms with van der Waals surface area (Å²) in [6, 6.07) is 1.64. The predicted octanol–water partition coefficient (Wildman–Crippen LogP) is 2.95. The minimum atomic E-state index is -4.34. The third kappa shape index (κ3) is 2.85. The van der Waals surface area contributed by atoms with Crippen LogP contribution in [0.5, 0.6) is 0 Å². The first-order valence-electron chi connectivity index (χ1n) is 6.24. The quantitative estimate of drug-likeness (QED) is 0.816. The second-order valence-corrected chi connectivity index (χ2v) is 5.04. The van der Waals surface area contributed by atoms with E-state index in [1.807, 2.05) is 0 Å². The zero-order valence-electron chi connectivity index (χ0n) is 10.6. The van der Waals surface area contributed by atoms with Crippen LogP contribution in [0.3, 0.4) is 0 Å².